The fourth-order valence-electron chi connectivity index (χ4n) is 4.06. The van der Waals surface area contributed by atoms with Gasteiger partial charge in [-0.05, 0) is 72.9 Å². The molecule has 4 aliphatic rings. The van der Waals surface area contributed by atoms with Gasteiger partial charge in [-0.15, -0.1) is 94.1 Å². The van der Waals surface area contributed by atoms with Crippen molar-refractivity contribution in [1.29, 1.82) is 0 Å². The molecule has 254 valence electrons. The zero-order valence-electron chi connectivity index (χ0n) is 26.3. The van der Waals surface area contributed by atoms with Crippen LogP contribution in [-0.4, -0.2) is 47.5 Å². The van der Waals surface area contributed by atoms with Gasteiger partial charge in [0.05, 0.1) is 62.2 Å². The Hall–Kier alpha value is 2.34. The Morgan fingerprint density at radius 3 is 0.979 bits per heavy atom. The third-order valence-corrected chi connectivity index (χ3v) is 28.6. The standard InChI is InChI=1S/C30H28N2S16/c1-33-19-20(34-2)42-27(41-19)29-45-23(37-5)25(47-29)39-13-15-7-9-31-17(11-15)18-12-16(8-10-32-18)14-40-26-24(38-6)46-30(48-26)28-43-21(35-3)22(36-4)44-28/h7-12H,13-14H2,1-6H3. The fourth-order valence-corrected chi connectivity index (χ4v) is 25.4. The average molecular weight is 930 g/mol. The van der Waals surface area contributed by atoms with Crippen LogP contribution >= 0.6 is 188 Å². The van der Waals surface area contributed by atoms with Crippen molar-refractivity contribution < 1.29 is 0 Å². The third kappa shape index (κ3) is 9.95. The SMILES string of the molecule is CSC1=C(SC)SC(=C2SC(SC)=C(SCc3ccnc(-c4cc(CSC5=C(SC)SC(=C6SC(SC)=C(SC)S6)S5)ccn4)c3)S2)S1. The summed E-state index contributed by atoms with van der Waals surface area (Å²) in [5.74, 6) is 1.82. The van der Waals surface area contributed by atoms with Crippen LogP contribution in [0.25, 0.3) is 11.4 Å². The Morgan fingerprint density at radius 2 is 0.688 bits per heavy atom. The minimum Gasteiger partial charge on any atom is -0.255 e. The van der Waals surface area contributed by atoms with Gasteiger partial charge >= 0.3 is 0 Å². The van der Waals surface area contributed by atoms with Gasteiger partial charge < -0.3 is 0 Å². The molecule has 4 aliphatic heterocycles. The number of rotatable bonds is 13. The van der Waals surface area contributed by atoms with Crippen LogP contribution in [-0.2, 0) is 11.5 Å². The van der Waals surface area contributed by atoms with Crippen LogP contribution in [0.15, 0.2) is 87.5 Å². The fraction of sp³-hybridized carbons (Fsp3) is 0.267. The number of thioether (sulfide) groups is 16. The van der Waals surface area contributed by atoms with Gasteiger partial charge in [-0.3, -0.25) is 9.97 Å². The van der Waals surface area contributed by atoms with Crippen LogP contribution in [0.3, 0.4) is 0 Å². The number of hydrogen-bond acceptors (Lipinski definition) is 18. The number of aromatic nitrogens is 2. The van der Waals surface area contributed by atoms with Crippen LogP contribution in [0.4, 0.5) is 0 Å². The van der Waals surface area contributed by atoms with Crippen molar-refractivity contribution in [3.8, 4) is 11.4 Å². The molecule has 0 aliphatic carbocycles. The second-order valence-electron chi connectivity index (χ2n) is 9.17. The Morgan fingerprint density at radius 1 is 0.417 bits per heavy atom. The van der Waals surface area contributed by atoms with E-state index in [9.17, 15) is 0 Å². The highest BCUT2D eigenvalue weighted by molar-refractivity contribution is 8.46. The van der Waals surface area contributed by atoms with E-state index >= 15 is 0 Å². The smallest absolute Gasteiger partial charge is 0.0889 e. The summed E-state index contributed by atoms with van der Waals surface area (Å²) in [5, 5.41) is 0. The molecule has 6 heterocycles. The summed E-state index contributed by atoms with van der Waals surface area (Å²) in [6.07, 6.45) is 17.0. The summed E-state index contributed by atoms with van der Waals surface area (Å²) in [5.41, 5.74) is 4.42. The van der Waals surface area contributed by atoms with Crippen LogP contribution in [0, 0.1) is 0 Å². The minimum absolute atomic E-state index is 0.909. The van der Waals surface area contributed by atoms with Crippen molar-refractivity contribution in [2.75, 3.05) is 37.5 Å². The molecule has 2 aromatic rings. The first-order valence-electron chi connectivity index (χ1n) is 13.7. The van der Waals surface area contributed by atoms with Crippen LogP contribution < -0.4 is 0 Å². The third-order valence-electron chi connectivity index (χ3n) is 6.25. The monoisotopic (exact) mass is 928 g/mol. The molecule has 0 radical (unpaired) electrons. The lowest BCUT2D eigenvalue weighted by Crippen LogP contribution is -1.92. The van der Waals surface area contributed by atoms with Crippen LogP contribution in [0.1, 0.15) is 11.1 Å². The maximum absolute atomic E-state index is 4.74. The maximum atomic E-state index is 4.74. The zero-order chi connectivity index (χ0) is 33.6. The van der Waals surface area contributed by atoms with E-state index in [1.807, 2.05) is 201 Å². The van der Waals surface area contributed by atoms with Crippen molar-refractivity contribution in [3.05, 3.63) is 98.6 Å². The lowest BCUT2D eigenvalue weighted by molar-refractivity contribution is 1.21. The van der Waals surface area contributed by atoms with Gasteiger partial charge in [0.2, 0.25) is 0 Å². The topological polar surface area (TPSA) is 25.8 Å². The lowest BCUT2D eigenvalue weighted by atomic mass is 10.1. The van der Waals surface area contributed by atoms with E-state index < -0.39 is 0 Å². The molecule has 0 spiro atoms. The largest absolute Gasteiger partial charge is 0.255 e. The molecule has 2 nitrogen and oxygen atoms in total. The van der Waals surface area contributed by atoms with E-state index in [4.69, 9.17) is 9.97 Å². The summed E-state index contributed by atoms with van der Waals surface area (Å²) in [6, 6.07) is 8.71. The first kappa shape index (κ1) is 40.0. The summed E-state index contributed by atoms with van der Waals surface area (Å²) in [4.78, 5) is 9.47. The molecular formula is C30H28N2S16. The molecule has 0 N–H and O–H groups in total. The molecule has 0 fully saturated rings. The van der Waals surface area contributed by atoms with E-state index in [2.05, 4.69) is 61.8 Å². The first-order valence-corrected chi connectivity index (χ1v) is 29.6. The second-order valence-corrected chi connectivity index (χ2v) is 27.3. The molecule has 0 atom stereocenters. The van der Waals surface area contributed by atoms with Crippen molar-refractivity contribution in [3.63, 3.8) is 0 Å². The van der Waals surface area contributed by atoms with Gasteiger partial charge in [-0.2, -0.15) is 0 Å². The van der Waals surface area contributed by atoms with Crippen LogP contribution in [0.5, 0.6) is 0 Å². The number of hydrogen-bond donors (Lipinski definition) is 0. The highest BCUT2D eigenvalue weighted by Gasteiger charge is 2.31. The Bertz CT molecular complexity index is 1590. The quantitative estimate of drug-likeness (QED) is 0.190. The molecule has 0 saturated carbocycles. The van der Waals surface area contributed by atoms with Crippen molar-refractivity contribution >= 4 is 188 Å². The summed E-state index contributed by atoms with van der Waals surface area (Å²) in [7, 11) is 0. The molecule has 2 aromatic heterocycles. The van der Waals surface area contributed by atoms with Crippen molar-refractivity contribution in [2.45, 2.75) is 11.5 Å². The van der Waals surface area contributed by atoms with Crippen molar-refractivity contribution in [2.24, 2.45) is 0 Å². The van der Waals surface area contributed by atoms with Gasteiger partial charge in [0.25, 0.3) is 0 Å². The molecule has 0 aromatic carbocycles. The van der Waals surface area contributed by atoms with Gasteiger partial charge in [0.1, 0.15) is 0 Å². The van der Waals surface area contributed by atoms with Gasteiger partial charge in [0, 0.05) is 23.9 Å². The first-order chi connectivity index (χ1) is 23.5. The molecule has 18 heteroatoms. The summed E-state index contributed by atoms with van der Waals surface area (Å²) < 4.78 is 17.1. The molecule has 0 bridgehead atoms. The van der Waals surface area contributed by atoms with E-state index in [1.165, 1.54) is 62.0 Å². The Balaban J connectivity index is 1.08. The highest BCUT2D eigenvalue weighted by Crippen LogP contribution is 2.67. The molecule has 0 unspecified atom stereocenters. The van der Waals surface area contributed by atoms with Gasteiger partial charge in [-0.1, -0.05) is 94.1 Å². The second kappa shape index (κ2) is 19.8. The van der Waals surface area contributed by atoms with Crippen LogP contribution in [0.2, 0.25) is 0 Å². The molecule has 0 amide bonds. The number of pyridine rings is 2. The van der Waals surface area contributed by atoms with E-state index in [0.717, 1.165) is 22.9 Å². The molecule has 6 rings (SSSR count). The average Bonchev–Trinajstić information content (AvgIpc) is 3.93. The van der Waals surface area contributed by atoms with Crippen molar-refractivity contribution in [1.82, 2.24) is 9.97 Å². The Kier molecular flexibility index (Phi) is 16.5. The Labute approximate surface area is 352 Å². The maximum Gasteiger partial charge on any atom is 0.0889 e. The zero-order valence-corrected chi connectivity index (χ0v) is 39.4. The van der Waals surface area contributed by atoms with E-state index in [-0.39, 0.29) is 0 Å². The predicted molar refractivity (Wildman–Crippen MR) is 254 cm³/mol. The van der Waals surface area contributed by atoms with Gasteiger partial charge in [0.15, 0.2) is 0 Å². The molecule has 48 heavy (non-hydrogen) atoms. The minimum atomic E-state index is 0.909. The lowest BCUT2D eigenvalue weighted by Gasteiger charge is -2.08. The van der Waals surface area contributed by atoms with E-state index in [0.29, 0.717) is 0 Å². The predicted octanol–water partition coefficient (Wildman–Crippen LogP) is 15.5. The summed E-state index contributed by atoms with van der Waals surface area (Å²) >= 11 is 30.5. The number of nitrogens with zero attached hydrogens (tertiary/aromatic N) is 2. The molecular weight excluding hydrogens is 901 g/mol. The van der Waals surface area contributed by atoms with Gasteiger partial charge in [-0.25, -0.2) is 0 Å². The summed E-state index contributed by atoms with van der Waals surface area (Å²) in [6.45, 7) is 0. The normalized spacial score (nSPS) is 18.7. The highest BCUT2D eigenvalue weighted by atomic mass is 32.3. The van der Waals surface area contributed by atoms with E-state index in [1.54, 1.807) is 0 Å². The molecule has 0 saturated heterocycles.